The van der Waals surface area contributed by atoms with Gasteiger partial charge in [-0.25, -0.2) is 0 Å². The number of para-hydroxylation sites is 1. The van der Waals surface area contributed by atoms with Gasteiger partial charge >= 0.3 is 0 Å². The standard InChI is InChI=1S/C20H25N7O2/c1-26(2)19-22-17(23-20(24-19)27-10-6-3-7-11-27)13-21-18(28)12-15-14-8-4-5-9-16(14)29-25-15/h4-5,8-9H,3,6-7,10-13H2,1-2H3,(H,21,28). The van der Waals surface area contributed by atoms with Gasteiger partial charge in [0.15, 0.2) is 11.4 Å². The first-order valence-corrected chi connectivity index (χ1v) is 9.87. The van der Waals surface area contributed by atoms with E-state index in [0.717, 1.165) is 31.3 Å². The highest BCUT2D eigenvalue weighted by atomic mass is 16.5. The summed E-state index contributed by atoms with van der Waals surface area (Å²) < 4.78 is 5.26. The van der Waals surface area contributed by atoms with Crippen LogP contribution in [0.1, 0.15) is 30.8 Å². The topological polar surface area (TPSA) is 100 Å². The summed E-state index contributed by atoms with van der Waals surface area (Å²) in [4.78, 5) is 30.1. The number of nitrogens with zero attached hydrogens (tertiary/aromatic N) is 6. The quantitative estimate of drug-likeness (QED) is 0.676. The summed E-state index contributed by atoms with van der Waals surface area (Å²) in [5.41, 5.74) is 1.30. The van der Waals surface area contributed by atoms with Gasteiger partial charge in [-0.05, 0) is 31.4 Å². The van der Waals surface area contributed by atoms with E-state index in [0.29, 0.717) is 29.0 Å². The van der Waals surface area contributed by atoms with Crippen molar-refractivity contribution in [1.82, 2.24) is 25.4 Å². The van der Waals surface area contributed by atoms with E-state index in [-0.39, 0.29) is 18.9 Å². The summed E-state index contributed by atoms with van der Waals surface area (Å²) in [5, 5.41) is 7.75. The van der Waals surface area contributed by atoms with E-state index in [2.05, 4.69) is 30.3 Å². The molecule has 1 amide bonds. The molecule has 9 nitrogen and oxygen atoms in total. The van der Waals surface area contributed by atoms with E-state index in [1.807, 2.05) is 43.3 Å². The first kappa shape index (κ1) is 19.1. The van der Waals surface area contributed by atoms with Gasteiger partial charge in [0.25, 0.3) is 0 Å². The highest BCUT2D eigenvalue weighted by Crippen LogP contribution is 2.19. The Bertz CT molecular complexity index is 995. The number of hydrogen-bond donors (Lipinski definition) is 1. The minimum Gasteiger partial charge on any atom is -0.356 e. The zero-order valence-corrected chi connectivity index (χ0v) is 16.8. The van der Waals surface area contributed by atoms with E-state index in [1.54, 1.807) is 0 Å². The molecule has 3 heterocycles. The number of hydrogen-bond acceptors (Lipinski definition) is 8. The molecule has 1 fully saturated rings. The van der Waals surface area contributed by atoms with Crippen molar-refractivity contribution in [2.24, 2.45) is 0 Å². The van der Waals surface area contributed by atoms with Crippen LogP contribution >= 0.6 is 0 Å². The van der Waals surface area contributed by atoms with Crippen molar-refractivity contribution in [3.63, 3.8) is 0 Å². The number of nitrogens with one attached hydrogen (secondary N) is 1. The van der Waals surface area contributed by atoms with Gasteiger partial charge in [0.2, 0.25) is 17.8 Å². The number of piperidine rings is 1. The molecular formula is C20H25N7O2. The number of anilines is 2. The molecule has 4 rings (SSSR count). The molecule has 0 unspecified atom stereocenters. The van der Waals surface area contributed by atoms with Crippen LogP contribution in [-0.4, -0.2) is 53.2 Å². The maximum absolute atomic E-state index is 12.4. The lowest BCUT2D eigenvalue weighted by molar-refractivity contribution is -0.120. The van der Waals surface area contributed by atoms with E-state index in [4.69, 9.17) is 4.52 Å². The molecule has 1 aliphatic heterocycles. The molecule has 0 spiro atoms. The molecule has 9 heteroatoms. The summed E-state index contributed by atoms with van der Waals surface area (Å²) in [6.07, 6.45) is 3.66. The fourth-order valence-corrected chi connectivity index (χ4v) is 3.37. The van der Waals surface area contributed by atoms with Crippen molar-refractivity contribution in [1.29, 1.82) is 0 Å². The Balaban J connectivity index is 1.45. The third kappa shape index (κ3) is 4.44. The zero-order chi connectivity index (χ0) is 20.2. The minimum atomic E-state index is -0.157. The van der Waals surface area contributed by atoms with Gasteiger partial charge in [-0.2, -0.15) is 15.0 Å². The van der Waals surface area contributed by atoms with Gasteiger partial charge in [0.05, 0.1) is 13.0 Å². The molecule has 0 bridgehead atoms. The normalized spacial score (nSPS) is 14.2. The van der Waals surface area contributed by atoms with Crippen LogP contribution in [0.4, 0.5) is 11.9 Å². The third-order valence-electron chi connectivity index (χ3n) is 4.92. The lowest BCUT2D eigenvalue weighted by Gasteiger charge is -2.27. The van der Waals surface area contributed by atoms with Gasteiger partial charge < -0.3 is 19.6 Å². The van der Waals surface area contributed by atoms with Crippen molar-refractivity contribution in [3.05, 3.63) is 35.8 Å². The molecule has 0 aliphatic carbocycles. The Kier molecular flexibility index (Phi) is 5.55. The largest absolute Gasteiger partial charge is 0.356 e. The number of rotatable bonds is 6. The summed E-state index contributed by atoms with van der Waals surface area (Å²) in [7, 11) is 3.79. The molecule has 1 N–H and O–H groups in total. The number of benzene rings is 1. The van der Waals surface area contributed by atoms with E-state index in [9.17, 15) is 4.79 Å². The number of carbonyl (C=O) groups is 1. The van der Waals surface area contributed by atoms with Crippen LogP contribution in [0, 0.1) is 0 Å². The molecule has 1 aromatic carbocycles. The Hall–Kier alpha value is -3.23. The van der Waals surface area contributed by atoms with Crippen LogP contribution in [0.25, 0.3) is 11.0 Å². The summed E-state index contributed by atoms with van der Waals surface area (Å²) >= 11 is 0. The van der Waals surface area contributed by atoms with Gasteiger partial charge in [-0.1, -0.05) is 17.3 Å². The Labute approximate surface area is 169 Å². The van der Waals surface area contributed by atoms with Crippen LogP contribution < -0.4 is 15.1 Å². The van der Waals surface area contributed by atoms with E-state index in [1.165, 1.54) is 6.42 Å². The van der Waals surface area contributed by atoms with Crippen molar-refractivity contribution < 1.29 is 9.32 Å². The second-order valence-corrected chi connectivity index (χ2v) is 7.37. The highest BCUT2D eigenvalue weighted by Gasteiger charge is 2.18. The van der Waals surface area contributed by atoms with Gasteiger partial charge in [0.1, 0.15) is 5.69 Å². The predicted octanol–water partition coefficient (Wildman–Crippen LogP) is 1.93. The first-order valence-electron chi connectivity index (χ1n) is 9.87. The molecule has 152 valence electrons. The Morgan fingerprint density at radius 3 is 2.72 bits per heavy atom. The van der Waals surface area contributed by atoms with Crippen LogP contribution in [0.5, 0.6) is 0 Å². The number of carbonyl (C=O) groups excluding carboxylic acids is 1. The van der Waals surface area contributed by atoms with Gasteiger partial charge in [-0.3, -0.25) is 4.79 Å². The van der Waals surface area contributed by atoms with Crippen molar-refractivity contribution in [2.75, 3.05) is 37.0 Å². The van der Waals surface area contributed by atoms with E-state index >= 15 is 0 Å². The highest BCUT2D eigenvalue weighted by molar-refractivity contribution is 5.86. The average molecular weight is 395 g/mol. The second kappa shape index (κ2) is 8.42. The molecule has 2 aromatic heterocycles. The molecular weight excluding hydrogens is 370 g/mol. The molecule has 0 atom stereocenters. The lowest BCUT2D eigenvalue weighted by atomic mass is 10.1. The van der Waals surface area contributed by atoms with Crippen molar-refractivity contribution in [3.8, 4) is 0 Å². The Morgan fingerprint density at radius 2 is 1.93 bits per heavy atom. The minimum absolute atomic E-state index is 0.140. The Morgan fingerprint density at radius 1 is 1.14 bits per heavy atom. The van der Waals surface area contributed by atoms with Crippen LogP contribution in [-0.2, 0) is 17.8 Å². The maximum Gasteiger partial charge on any atom is 0.230 e. The first-order chi connectivity index (χ1) is 14.1. The SMILES string of the molecule is CN(C)c1nc(CNC(=O)Cc2noc3ccccc23)nc(N2CCCCC2)n1. The summed E-state index contributed by atoms with van der Waals surface area (Å²) in [6, 6.07) is 7.51. The monoisotopic (exact) mass is 395 g/mol. The zero-order valence-electron chi connectivity index (χ0n) is 16.8. The van der Waals surface area contributed by atoms with Crippen LogP contribution in [0.15, 0.2) is 28.8 Å². The lowest BCUT2D eigenvalue weighted by Crippen LogP contribution is -2.33. The fourth-order valence-electron chi connectivity index (χ4n) is 3.37. The van der Waals surface area contributed by atoms with Crippen molar-refractivity contribution in [2.45, 2.75) is 32.2 Å². The maximum atomic E-state index is 12.4. The fraction of sp³-hybridized carbons (Fsp3) is 0.450. The third-order valence-corrected chi connectivity index (χ3v) is 4.92. The van der Waals surface area contributed by atoms with Crippen molar-refractivity contribution >= 4 is 28.8 Å². The number of aromatic nitrogens is 4. The second-order valence-electron chi connectivity index (χ2n) is 7.37. The molecule has 1 aliphatic rings. The molecule has 0 saturated carbocycles. The summed E-state index contributed by atoms with van der Waals surface area (Å²) in [6.45, 7) is 2.13. The predicted molar refractivity (Wildman–Crippen MR) is 110 cm³/mol. The van der Waals surface area contributed by atoms with Gasteiger partial charge in [-0.15, -0.1) is 0 Å². The number of amides is 1. The van der Waals surface area contributed by atoms with Crippen LogP contribution in [0.2, 0.25) is 0 Å². The smallest absolute Gasteiger partial charge is 0.230 e. The van der Waals surface area contributed by atoms with E-state index < -0.39 is 0 Å². The molecule has 0 radical (unpaired) electrons. The van der Waals surface area contributed by atoms with Gasteiger partial charge in [0, 0.05) is 32.6 Å². The van der Waals surface area contributed by atoms with Crippen LogP contribution in [0.3, 0.4) is 0 Å². The molecule has 1 saturated heterocycles. The number of fused-ring (bicyclic) bond motifs is 1. The summed E-state index contributed by atoms with van der Waals surface area (Å²) in [5.74, 6) is 1.65. The molecule has 3 aromatic rings. The molecule has 29 heavy (non-hydrogen) atoms. The average Bonchev–Trinajstić information content (AvgIpc) is 3.15.